The van der Waals surface area contributed by atoms with Gasteiger partial charge in [-0.15, -0.1) is 11.3 Å². The Bertz CT molecular complexity index is 836. The second-order valence-corrected chi connectivity index (χ2v) is 6.79. The predicted molar refractivity (Wildman–Crippen MR) is 98.0 cm³/mol. The van der Waals surface area contributed by atoms with Gasteiger partial charge in [-0.2, -0.15) is 11.3 Å². The van der Waals surface area contributed by atoms with Gasteiger partial charge in [0.2, 0.25) is 5.91 Å². The van der Waals surface area contributed by atoms with E-state index in [9.17, 15) is 9.59 Å². The SMILES string of the molecule is O=C(CCc1ccc(-c2ccsc2)cc1)Nc1cscc1C(=O)O. The first-order valence-electron chi connectivity index (χ1n) is 7.34. The second-order valence-electron chi connectivity index (χ2n) is 5.26. The number of amides is 1. The van der Waals surface area contributed by atoms with Crippen molar-refractivity contribution >= 4 is 40.2 Å². The van der Waals surface area contributed by atoms with E-state index in [-0.39, 0.29) is 11.5 Å². The third-order valence-corrected chi connectivity index (χ3v) is 5.04. The number of rotatable bonds is 6. The number of aromatic carboxylic acids is 1. The molecule has 1 aromatic carbocycles. The van der Waals surface area contributed by atoms with Crippen molar-refractivity contribution in [1.29, 1.82) is 0 Å². The molecule has 0 radical (unpaired) electrons. The molecule has 0 saturated heterocycles. The van der Waals surface area contributed by atoms with Gasteiger partial charge < -0.3 is 10.4 Å². The Labute approximate surface area is 147 Å². The van der Waals surface area contributed by atoms with Gasteiger partial charge in [-0.25, -0.2) is 4.79 Å². The standard InChI is InChI=1S/C18H15NO3S2/c20-17(19-16-11-24-10-15(16)18(21)22)6-3-12-1-4-13(5-2-12)14-7-8-23-9-14/h1-2,4-5,7-11H,3,6H2,(H,19,20)(H,21,22). The molecule has 4 nitrogen and oxygen atoms in total. The van der Waals surface area contributed by atoms with Crippen LogP contribution in [0.2, 0.25) is 0 Å². The summed E-state index contributed by atoms with van der Waals surface area (Å²) in [4.78, 5) is 23.0. The van der Waals surface area contributed by atoms with Crippen molar-refractivity contribution in [1.82, 2.24) is 0 Å². The fourth-order valence-corrected chi connectivity index (χ4v) is 3.74. The molecule has 0 spiro atoms. The Morgan fingerprint density at radius 3 is 2.42 bits per heavy atom. The van der Waals surface area contributed by atoms with Crippen LogP contribution in [0.1, 0.15) is 22.3 Å². The molecule has 0 aliphatic heterocycles. The fraction of sp³-hybridized carbons (Fsp3) is 0.111. The molecule has 2 heterocycles. The van der Waals surface area contributed by atoms with Crippen LogP contribution in [-0.4, -0.2) is 17.0 Å². The summed E-state index contributed by atoms with van der Waals surface area (Å²) in [6.07, 6.45) is 0.926. The van der Waals surface area contributed by atoms with Crippen LogP contribution in [0.15, 0.2) is 51.9 Å². The molecule has 2 aromatic heterocycles. The lowest BCUT2D eigenvalue weighted by atomic mass is 10.0. The summed E-state index contributed by atoms with van der Waals surface area (Å²) >= 11 is 2.92. The summed E-state index contributed by atoms with van der Waals surface area (Å²) in [5.41, 5.74) is 3.93. The van der Waals surface area contributed by atoms with E-state index in [1.807, 2.05) is 17.5 Å². The smallest absolute Gasteiger partial charge is 0.338 e. The first-order chi connectivity index (χ1) is 11.6. The second kappa shape index (κ2) is 7.42. The average Bonchev–Trinajstić information content (AvgIpc) is 3.25. The lowest BCUT2D eigenvalue weighted by molar-refractivity contribution is -0.116. The molecule has 0 unspecified atom stereocenters. The summed E-state index contributed by atoms with van der Waals surface area (Å²) in [7, 11) is 0. The fourth-order valence-electron chi connectivity index (χ4n) is 2.32. The van der Waals surface area contributed by atoms with Crippen LogP contribution < -0.4 is 5.32 Å². The number of hydrogen-bond acceptors (Lipinski definition) is 4. The summed E-state index contributed by atoms with van der Waals surface area (Å²) < 4.78 is 0. The van der Waals surface area contributed by atoms with Gasteiger partial charge >= 0.3 is 5.97 Å². The van der Waals surface area contributed by atoms with E-state index < -0.39 is 5.97 Å². The maximum Gasteiger partial charge on any atom is 0.338 e. The highest BCUT2D eigenvalue weighted by molar-refractivity contribution is 7.08. The summed E-state index contributed by atoms with van der Waals surface area (Å²) in [6, 6.07) is 10.2. The molecular weight excluding hydrogens is 342 g/mol. The van der Waals surface area contributed by atoms with E-state index >= 15 is 0 Å². The highest BCUT2D eigenvalue weighted by Gasteiger charge is 2.13. The van der Waals surface area contributed by atoms with Gasteiger partial charge in [-0.05, 0) is 39.9 Å². The molecule has 6 heteroatoms. The van der Waals surface area contributed by atoms with Crippen LogP contribution >= 0.6 is 22.7 Å². The third-order valence-electron chi connectivity index (χ3n) is 3.62. The molecule has 0 bridgehead atoms. The summed E-state index contributed by atoms with van der Waals surface area (Å²) in [5, 5.41) is 19.0. The Balaban J connectivity index is 1.56. The first kappa shape index (κ1) is 16.4. The molecule has 3 rings (SSSR count). The number of hydrogen-bond donors (Lipinski definition) is 2. The molecule has 0 aliphatic carbocycles. The lowest BCUT2D eigenvalue weighted by Gasteiger charge is -2.06. The summed E-state index contributed by atoms with van der Waals surface area (Å²) in [6.45, 7) is 0. The zero-order valence-corrected chi connectivity index (χ0v) is 14.3. The molecule has 1 amide bonds. The van der Waals surface area contributed by atoms with Crippen molar-refractivity contribution in [2.75, 3.05) is 5.32 Å². The Morgan fingerprint density at radius 1 is 0.958 bits per heavy atom. The number of carbonyl (C=O) groups is 2. The van der Waals surface area contributed by atoms with Crippen molar-refractivity contribution in [2.24, 2.45) is 0 Å². The van der Waals surface area contributed by atoms with Crippen LogP contribution in [0.3, 0.4) is 0 Å². The van der Waals surface area contributed by atoms with Gasteiger partial charge in [-0.3, -0.25) is 4.79 Å². The average molecular weight is 357 g/mol. The maximum absolute atomic E-state index is 12.0. The van der Waals surface area contributed by atoms with Crippen LogP contribution in [0, 0.1) is 0 Å². The van der Waals surface area contributed by atoms with Crippen molar-refractivity contribution < 1.29 is 14.7 Å². The number of benzene rings is 1. The highest BCUT2D eigenvalue weighted by Crippen LogP contribution is 2.23. The van der Waals surface area contributed by atoms with Crippen molar-refractivity contribution in [2.45, 2.75) is 12.8 Å². The van der Waals surface area contributed by atoms with Crippen LogP contribution in [0.4, 0.5) is 5.69 Å². The quantitative estimate of drug-likeness (QED) is 0.669. The van der Waals surface area contributed by atoms with Gasteiger partial charge in [0.15, 0.2) is 0 Å². The third kappa shape index (κ3) is 3.90. The van der Waals surface area contributed by atoms with E-state index in [0.717, 1.165) is 11.1 Å². The molecule has 0 atom stereocenters. The molecule has 0 aliphatic rings. The maximum atomic E-state index is 12.0. The van der Waals surface area contributed by atoms with Crippen molar-refractivity contribution in [3.8, 4) is 11.1 Å². The van der Waals surface area contributed by atoms with Gasteiger partial charge in [0.05, 0.1) is 11.3 Å². The minimum atomic E-state index is -1.03. The number of carboxylic acid groups (broad SMARTS) is 1. The molecule has 0 fully saturated rings. The van der Waals surface area contributed by atoms with Gasteiger partial charge in [-0.1, -0.05) is 24.3 Å². The van der Waals surface area contributed by atoms with Crippen LogP contribution in [0.5, 0.6) is 0 Å². The highest BCUT2D eigenvalue weighted by atomic mass is 32.1. The molecule has 24 heavy (non-hydrogen) atoms. The normalized spacial score (nSPS) is 10.5. The molecule has 2 N–H and O–H groups in total. The zero-order valence-electron chi connectivity index (χ0n) is 12.7. The number of carboxylic acids is 1. The van der Waals surface area contributed by atoms with E-state index in [2.05, 4.69) is 28.9 Å². The van der Waals surface area contributed by atoms with Gasteiger partial charge in [0, 0.05) is 17.2 Å². The first-order valence-corrected chi connectivity index (χ1v) is 9.23. The largest absolute Gasteiger partial charge is 0.478 e. The summed E-state index contributed by atoms with van der Waals surface area (Å²) in [5.74, 6) is -1.21. The number of aryl methyl sites for hydroxylation is 1. The topological polar surface area (TPSA) is 66.4 Å². The lowest BCUT2D eigenvalue weighted by Crippen LogP contribution is -2.14. The van der Waals surface area contributed by atoms with E-state index in [1.165, 1.54) is 22.3 Å². The number of carbonyl (C=O) groups excluding carboxylic acids is 1. The monoisotopic (exact) mass is 357 g/mol. The van der Waals surface area contributed by atoms with E-state index in [4.69, 9.17) is 5.11 Å². The van der Waals surface area contributed by atoms with Crippen molar-refractivity contribution in [3.63, 3.8) is 0 Å². The van der Waals surface area contributed by atoms with Crippen LogP contribution in [-0.2, 0) is 11.2 Å². The van der Waals surface area contributed by atoms with Crippen LogP contribution in [0.25, 0.3) is 11.1 Å². The van der Waals surface area contributed by atoms with Crippen molar-refractivity contribution in [3.05, 3.63) is 63.0 Å². The number of anilines is 1. The molecule has 122 valence electrons. The predicted octanol–water partition coefficient (Wildman–Crippen LogP) is 4.75. The van der Waals surface area contributed by atoms with E-state index in [0.29, 0.717) is 18.5 Å². The zero-order chi connectivity index (χ0) is 16.9. The Morgan fingerprint density at radius 2 is 1.75 bits per heavy atom. The minimum absolute atomic E-state index is 0.133. The minimum Gasteiger partial charge on any atom is -0.478 e. The molecule has 0 saturated carbocycles. The molecule has 3 aromatic rings. The Hall–Kier alpha value is -2.44. The van der Waals surface area contributed by atoms with Gasteiger partial charge in [0.25, 0.3) is 0 Å². The van der Waals surface area contributed by atoms with E-state index in [1.54, 1.807) is 16.7 Å². The number of nitrogens with one attached hydrogen (secondary N) is 1. The Kier molecular flexibility index (Phi) is 5.08. The van der Waals surface area contributed by atoms with Gasteiger partial charge in [0.1, 0.15) is 0 Å². The number of thiophene rings is 2. The molecular formula is C18H15NO3S2.